The maximum Gasteiger partial charge on any atom is 0.182 e. The predicted octanol–water partition coefficient (Wildman–Crippen LogP) is 3.94. The van der Waals surface area contributed by atoms with Crippen LogP contribution in [0.2, 0.25) is 0 Å². The SMILES string of the molecule is CC(C)c1ccc(C=[N+]([O-])Cc2ccccc2)cc1. The van der Waals surface area contributed by atoms with Crippen LogP contribution < -0.4 is 0 Å². The van der Waals surface area contributed by atoms with Gasteiger partial charge in [-0.2, -0.15) is 0 Å². The summed E-state index contributed by atoms with van der Waals surface area (Å²) in [5.41, 5.74) is 3.25. The zero-order chi connectivity index (χ0) is 13.7. The van der Waals surface area contributed by atoms with Gasteiger partial charge in [0.15, 0.2) is 12.8 Å². The predicted molar refractivity (Wildman–Crippen MR) is 79.5 cm³/mol. The molecule has 0 aromatic heterocycles. The highest BCUT2D eigenvalue weighted by Gasteiger charge is 2.01. The molecule has 0 aliphatic heterocycles. The van der Waals surface area contributed by atoms with E-state index in [1.165, 1.54) is 5.56 Å². The quantitative estimate of drug-likeness (QED) is 0.351. The van der Waals surface area contributed by atoms with Gasteiger partial charge in [-0.3, -0.25) is 0 Å². The molecule has 0 amide bonds. The molecule has 2 nitrogen and oxygen atoms in total. The maximum absolute atomic E-state index is 11.9. The first kappa shape index (κ1) is 13.3. The summed E-state index contributed by atoms with van der Waals surface area (Å²) in [5, 5.41) is 11.9. The highest BCUT2D eigenvalue weighted by Crippen LogP contribution is 2.13. The summed E-state index contributed by atoms with van der Waals surface area (Å²) in [6.07, 6.45) is 1.64. The maximum atomic E-state index is 11.9. The van der Waals surface area contributed by atoms with Crippen LogP contribution in [0.25, 0.3) is 0 Å². The van der Waals surface area contributed by atoms with Gasteiger partial charge in [0.05, 0.1) is 0 Å². The fourth-order valence-corrected chi connectivity index (χ4v) is 1.94. The molecule has 0 spiro atoms. The topological polar surface area (TPSA) is 26.1 Å². The molecule has 2 aromatic rings. The zero-order valence-corrected chi connectivity index (χ0v) is 11.4. The largest absolute Gasteiger partial charge is 0.624 e. The minimum absolute atomic E-state index is 0.382. The minimum atomic E-state index is 0.382. The Morgan fingerprint density at radius 2 is 1.63 bits per heavy atom. The molecular formula is C17H19NO. The van der Waals surface area contributed by atoms with Crippen LogP contribution in [-0.4, -0.2) is 11.0 Å². The first-order valence-corrected chi connectivity index (χ1v) is 6.57. The summed E-state index contributed by atoms with van der Waals surface area (Å²) in [6, 6.07) is 17.9. The number of nitrogens with zero attached hydrogens (tertiary/aromatic N) is 1. The van der Waals surface area contributed by atoms with Crippen LogP contribution in [0.3, 0.4) is 0 Å². The lowest BCUT2D eigenvalue weighted by molar-refractivity contribution is -0.469. The fraction of sp³-hybridized carbons (Fsp3) is 0.235. The smallest absolute Gasteiger partial charge is 0.182 e. The van der Waals surface area contributed by atoms with E-state index in [0.717, 1.165) is 15.9 Å². The van der Waals surface area contributed by atoms with E-state index in [1.54, 1.807) is 6.21 Å². The van der Waals surface area contributed by atoms with Crippen LogP contribution in [0.5, 0.6) is 0 Å². The van der Waals surface area contributed by atoms with Crippen LogP contribution in [0.1, 0.15) is 36.5 Å². The van der Waals surface area contributed by atoms with E-state index < -0.39 is 0 Å². The standard InChI is InChI=1S/C17H19NO/c1-14(2)17-10-8-16(9-11-17)13-18(19)12-15-6-4-3-5-7-15/h3-11,13-14H,12H2,1-2H3. The Kier molecular flexibility index (Phi) is 4.35. The van der Waals surface area contributed by atoms with Gasteiger partial charge in [0.2, 0.25) is 0 Å². The fourth-order valence-electron chi connectivity index (χ4n) is 1.94. The van der Waals surface area contributed by atoms with E-state index in [-0.39, 0.29) is 0 Å². The van der Waals surface area contributed by atoms with Crippen molar-refractivity contribution in [2.24, 2.45) is 0 Å². The lowest BCUT2D eigenvalue weighted by atomic mass is 10.0. The van der Waals surface area contributed by atoms with Gasteiger partial charge in [0, 0.05) is 11.1 Å². The van der Waals surface area contributed by atoms with Crippen molar-refractivity contribution < 1.29 is 4.74 Å². The first-order chi connectivity index (χ1) is 9.15. The van der Waals surface area contributed by atoms with Crippen LogP contribution in [0.4, 0.5) is 0 Å². The van der Waals surface area contributed by atoms with Crippen molar-refractivity contribution in [2.45, 2.75) is 26.3 Å². The van der Waals surface area contributed by atoms with Gasteiger partial charge < -0.3 is 5.21 Å². The average Bonchev–Trinajstić information content (AvgIpc) is 2.40. The van der Waals surface area contributed by atoms with Gasteiger partial charge in [-0.1, -0.05) is 56.3 Å². The van der Waals surface area contributed by atoms with Crippen molar-refractivity contribution in [1.29, 1.82) is 0 Å². The molecule has 98 valence electrons. The zero-order valence-electron chi connectivity index (χ0n) is 11.4. The third-order valence-electron chi connectivity index (χ3n) is 3.08. The number of benzene rings is 2. The van der Waals surface area contributed by atoms with E-state index in [4.69, 9.17) is 0 Å². The highest BCUT2D eigenvalue weighted by atomic mass is 16.5. The summed E-state index contributed by atoms with van der Waals surface area (Å²) in [6.45, 7) is 4.70. The Hall–Kier alpha value is -2.09. The Labute approximate surface area is 114 Å². The number of hydroxylamine groups is 1. The molecule has 0 fully saturated rings. The molecule has 0 aliphatic carbocycles. The second-order valence-corrected chi connectivity index (χ2v) is 5.01. The summed E-state index contributed by atoms with van der Waals surface area (Å²) >= 11 is 0. The van der Waals surface area contributed by atoms with Crippen molar-refractivity contribution in [1.82, 2.24) is 0 Å². The number of hydrogen-bond donors (Lipinski definition) is 0. The normalized spacial score (nSPS) is 11.8. The number of rotatable bonds is 4. The lowest BCUT2D eigenvalue weighted by Gasteiger charge is -2.06. The van der Waals surface area contributed by atoms with Crippen LogP contribution in [0.15, 0.2) is 54.6 Å². The Bertz CT molecular complexity index is 541. The summed E-state index contributed by atoms with van der Waals surface area (Å²) in [4.78, 5) is 0. The van der Waals surface area contributed by atoms with Gasteiger partial charge in [0.25, 0.3) is 0 Å². The Balaban J connectivity index is 2.08. The summed E-state index contributed by atoms with van der Waals surface area (Å²) in [7, 11) is 0. The minimum Gasteiger partial charge on any atom is -0.624 e. The van der Waals surface area contributed by atoms with Gasteiger partial charge in [-0.15, -0.1) is 0 Å². The average molecular weight is 253 g/mol. The van der Waals surface area contributed by atoms with Crippen molar-refractivity contribution in [3.63, 3.8) is 0 Å². The molecule has 2 heteroatoms. The van der Waals surface area contributed by atoms with Crippen molar-refractivity contribution in [3.8, 4) is 0 Å². The molecule has 0 N–H and O–H groups in total. The molecule has 0 aliphatic rings. The van der Waals surface area contributed by atoms with Gasteiger partial charge in [-0.25, -0.2) is 4.74 Å². The molecule has 19 heavy (non-hydrogen) atoms. The van der Waals surface area contributed by atoms with Crippen molar-refractivity contribution in [2.75, 3.05) is 0 Å². The molecule has 0 saturated heterocycles. The van der Waals surface area contributed by atoms with Gasteiger partial charge >= 0.3 is 0 Å². The van der Waals surface area contributed by atoms with Crippen LogP contribution in [0, 0.1) is 5.21 Å². The molecule has 2 rings (SSSR count). The molecule has 0 atom stereocenters. The lowest BCUT2D eigenvalue weighted by Crippen LogP contribution is -2.05. The van der Waals surface area contributed by atoms with E-state index in [9.17, 15) is 5.21 Å². The van der Waals surface area contributed by atoms with E-state index >= 15 is 0 Å². The third-order valence-corrected chi connectivity index (χ3v) is 3.08. The molecule has 0 radical (unpaired) electrons. The van der Waals surface area contributed by atoms with E-state index in [2.05, 4.69) is 26.0 Å². The molecular weight excluding hydrogens is 234 g/mol. The Morgan fingerprint density at radius 1 is 1.00 bits per heavy atom. The molecule has 0 saturated carbocycles. The number of hydrogen-bond acceptors (Lipinski definition) is 1. The molecule has 0 bridgehead atoms. The molecule has 0 unspecified atom stereocenters. The van der Waals surface area contributed by atoms with Gasteiger partial charge in [-0.05, 0) is 23.6 Å². The second kappa shape index (κ2) is 6.19. The Morgan fingerprint density at radius 3 is 2.21 bits per heavy atom. The first-order valence-electron chi connectivity index (χ1n) is 6.57. The van der Waals surface area contributed by atoms with Crippen LogP contribution in [-0.2, 0) is 6.54 Å². The van der Waals surface area contributed by atoms with E-state index in [0.29, 0.717) is 12.5 Å². The van der Waals surface area contributed by atoms with Gasteiger partial charge in [0.1, 0.15) is 0 Å². The monoisotopic (exact) mass is 253 g/mol. The summed E-state index contributed by atoms with van der Waals surface area (Å²) in [5.74, 6) is 0.515. The molecule has 0 heterocycles. The van der Waals surface area contributed by atoms with Crippen molar-refractivity contribution >= 4 is 6.21 Å². The second-order valence-electron chi connectivity index (χ2n) is 5.01. The summed E-state index contributed by atoms with van der Waals surface area (Å²) < 4.78 is 0.972. The van der Waals surface area contributed by atoms with Crippen LogP contribution >= 0.6 is 0 Å². The van der Waals surface area contributed by atoms with Crippen molar-refractivity contribution in [3.05, 3.63) is 76.5 Å². The molecule has 2 aromatic carbocycles. The third kappa shape index (κ3) is 3.95. The van der Waals surface area contributed by atoms with E-state index in [1.807, 2.05) is 42.5 Å². The highest BCUT2D eigenvalue weighted by molar-refractivity contribution is 5.75.